The van der Waals surface area contributed by atoms with E-state index in [1.165, 1.54) is 127 Å². The molecular weight excluding hydrogens is 702 g/mol. The van der Waals surface area contributed by atoms with Gasteiger partial charge in [0.2, 0.25) is 0 Å². The van der Waals surface area contributed by atoms with E-state index in [0.717, 1.165) is 0 Å². The number of rotatable bonds is 2. The number of nitrogens with zero attached hydrogens (tertiary/aromatic N) is 4. The van der Waals surface area contributed by atoms with E-state index in [0.29, 0.717) is 0 Å². The van der Waals surface area contributed by atoms with Gasteiger partial charge in [0.1, 0.15) is 0 Å². The summed E-state index contributed by atoms with van der Waals surface area (Å²) in [5.74, 6) is 0. The third-order valence-corrected chi connectivity index (χ3v) is 14.3. The van der Waals surface area contributed by atoms with Crippen LogP contribution < -0.4 is 31.7 Å². The topological polar surface area (TPSA) is 16.3 Å². The molecule has 0 aliphatic carbocycles. The van der Waals surface area contributed by atoms with Gasteiger partial charge in [-0.25, -0.2) is 0 Å². The van der Waals surface area contributed by atoms with Crippen molar-refractivity contribution in [1.29, 1.82) is 0 Å². The van der Waals surface area contributed by atoms with Crippen molar-refractivity contribution in [2.75, 3.05) is 9.80 Å². The number of para-hydroxylation sites is 4. The van der Waals surface area contributed by atoms with Crippen molar-refractivity contribution in [1.82, 2.24) is 8.96 Å². The summed E-state index contributed by atoms with van der Waals surface area (Å²) in [6, 6.07) is 57.9. The molecule has 58 heavy (non-hydrogen) atoms. The average molecular weight is 736 g/mol. The SMILES string of the molecule is CC(C)(C)c1ccc2c(c1)N(c1ccccc1)c1cc3c4c5c1B2n1c2ccccc2c2cc6c7cccc8c7n(c6c-5c21)B4c1c-8cccc1N3c1ccccc1. The normalized spacial score (nSPS) is 14.7. The highest BCUT2D eigenvalue weighted by Crippen LogP contribution is 2.55. The van der Waals surface area contributed by atoms with Crippen molar-refractivity contribution in [2.24, 2.45) is 0 Å². The van der Waals surface area contributed by atoms with Gasteiger partial charge in [0, 0.05) is 88.9 Å². The Hall–Kier alpha value is -6.91. The summed E-state index contributed by atoms with van der Waals surface area (Å²) in [7, 11) is 0. The lowest BCUT2D eigenvalue weighted by Crippen LogP contribution is -2.64. The molecule has 268 valence electrons. The molecule has 0 saturated heterocycles. The highest BCUT2D eigenvalue weighted by molar-refractivity contribution is 6.96. The van der Waals surface area contributed by atoms with E-state index in [2.05, 4.69) is 191 Å². The first-order valence-corrected chi connectivity index (χ1v) is 20.7. The number of benzene rings is 8. The van der Waals surface area contributed by atoms with Crippen molar-refractivity contribution in [3.63, 3.8) is 0 Å². The van der Waals surface area contributed by atoms with Crippen LogP contribution in [0.25, 0.3) is 65.9 Å². The molecule has 0 spiro atoms. The van der Waals surface area contributed by atoms with Crippen LogP contribution in [0.3, 0.4) is 0 Å². The van der Waals surface area contributed by atoms with Gasteiger partial charge in [0.15, 0.2) is 0 Å². The molecule has 0 amide bonds. The standard InChI is InChI=1S/C52H34B2N4/c1-52(2,3)29-24-25-38-41(26-29)56(31-16-8-5-9-17-31)42-28-43-48-44-45-50-36(32-18-10-11-22-39(32)57(50)53(38)47(42)44)27-37-35-21-12-20-34-33-19-13-23-40(55(43)30-14-6-4-7-15-30)46(33)54(48)58(49(34)35)51(37)45/h4-28H,1-3H3. The largest absolute Gasteiger partial charge is 0.375 e. The highest BCUT2D eigenvalue weighted by Gasteiger charge is 2.53. The monoisotopic (exact) mass is 736 g/mol. The first kappa shape index (κ1) is 30.3. The van der Waals surface area contributed by atoms with Gasteiger partial charge in [0.05, 0.1) is 0 Å². The Balaban J connectivity index is 1.24. The fraction of sp³-hybridized carbons (Fsp3) is 0.0769. The van der Waals surface area contributed by atoms with Gasteiger partial charge in [-0.1, -0.05) is 118 Å². The van der Waals surface area contributed by atoms with Crippen LogP contribution in [0.5, 0.6) is 0 Å². The molecule has 0 N–H and O–H groups in total. The molecule has 8 aromatic carbocycles. The molecule has 7 heterocycles. The van der Waals surface area contributed by atoms with Crippen LogP contribution in [-0.2, 0) is 5.41 Å². The minimum absolute atomic E-state index is 0.0106. The van der Waals surface area contributed by atoms with E-state index in [9.17, 15) is 0 Å². The molecule has 0 radical (unpaired) electrons. The lowest BCUT2D eigenvalue weighted by atomic mass is 9.38. The Morgan fingerprint density at radius 1 is 0.414 bits per heavy atom. The van der Waals surface area contributed by atoms with Crippen LogP contribution in [0.2, 0.25) is 0 Å². The maximum atomic E-state index is 2.77. The highest BCUT2D eigenvalue weighted by atomic mass is 15.2. The lowest BCUT2D eigenvalue weighted by Gasteiger charge is -2.48. The molecule has 5 aliphatic heterocycles. The fourth-order valence-electron chi connectivity index (χ4n) is 12.1. The first-order chi connectivity index (χ1) is 28.5. The van der Waals surface area contributed by atoms with Crippen LogP contribution >= 0.6 is 0 Å². The predicted octanol–water partition coefficient (Wildman–Crippen LogP) is 10.3. The smallest absolute Gasteiger partial charge is 0.333 e. The molecule has 0 unspecified atom stereocenters. The van der Waals surface area contributed by atoms with Crippen molar-refractivity contribution in [3.8, 4) is 22.3 Å². The molecular formula is C52H34B2N4. The summed E-state index contributed by atoms with van der Waals surface area (Å²) in [5, 5.41) is 5.37. The van der Waals surface area contributed by atoms with Gasteiger partial charge in [-0.3, -0.25) is 0 Å². The molecule has 10 aromatic rings. The Kier molecular flexibility index (Phi) is 5.10. The molecule has 0 bridgehead atoms. The molecule has 0 atom stereocenters. The van der Waals surface area contributed by atoms with E-state index < -0.39 is 0 Å². The van der Waals surface area contributed by atoms with Crippen LogP contribution in [0.15, 0.2) is 152 Å². The van der Waals surface area contributed by atoms with Crippen molar-refractivity contribution < 1.29 is 0 Å². The number of hydrogen-bond donors (Lipinski definition) is 0. The van der Waals surface area contributed by atoms with E-state index in [1.54, 1.807) is 0 Å². The van der Waals surface area contributed by atoms with Gasteiger partial charge in [-0.15, -0.1) is 0 Å². The predicted molar refractivity (Wildman–Crippen MR) is 246 cm³/mol. The Bertz CT molecular complexity index is 3570. The minimum atomic E-state index is -0.0174. The van der Waals surface area contributed by atoms with Crippen LogP contribution in [0.4, 0.5) is 34.1 Å². The molecule has 4 nitrogen and oxygen atoms in total. The van der Waals surface area contributed by atoms with E-state index in [-0.39, 0.29) is 19.1 Å². The zero-order valence-electron chi connectivity index (χ0n) is 32.4. The summed E-state index contributed by atoms with van der Waals surface area (Å²) in [5.41, 5.74) is 25.2. The fourth-order valence-corrected chi connectivity index (χ4v) is 12.1. The zero-order chi connectivity index (χ0) is 37.9. The van der Waals surface area contributed by atoms with E-state index in [4.69, 9.17) is 0 Å². The van der Waals surface area contributed by atoms with Crippen molar-refractivity contribution >= 4 is 113 Å². The molecule has 0 fully saturated rings. The van der Waals surface area contributed by atoms with Crippen LogP contribution in [-0.4, -0.2) is 22.7 Å². The van der Waals surface area contributed by atoms with Gasteiger partial charge in [-0.05, 0) is 98.6 Å². The van der Waals surface area contributed by atoms with Crippen molar-refractivity contribution in [3.05, 3.63) is 157 Å². The molecule has 5 aliphatic rings. The molecule has 6 heteroatoms. The minimum Gasteiger partial charge on any atom is -0.375 e. The maximum absolute atomic E-state index is 2.77. The van der Waals surface area contributed by atoms with Gasteiger partial charge in [-0.2, -0.15) is 0 Å². The van der Waals surface area contributed by atoms with Gasteiger partial charge in [0.25, 0.3) is 0 Å². The maximum Gasteiger partial charge on any atom is 0.333 e. The second-order valence-electron chi connectivity index (χ2n) is 18.0. The first-order valence-electron chi connectivity index (χ1n) is 20.7. The number of anilines is 6. The number of fused-ring (bicyclic) bond motifs is 8. The summed E-state index contributed by atoms with van der Waals surface area (Å²) >= 11 is 0. The summed E-state index contributed by atoms with van der Waals surface area (Å²) < 4.78 is 5.51. The Morgan fingerprint density at radius 3 is 1.83 bits per heavy atom. The third-order valence-electron chi connectivity index (χ3n) is 14.3. The summed E-state index contributed by atoms with van der Waals surface area (Å²) in [4.78, 5) is 5.18. The van der Waals surface area contributed by atoms with Crippen LogP contribution in [0, 0.1) is 0 Å². The second-order valence-corrected chi connectivity index (χ2v) is 18.0. The lowest BCUT2D eigenvalue weighted by molar-refractivity contribution is 0.590. The third kappa shape index (κ3) is 3.24. The van der Waals surface area contributed by atoms with Gasteiger partial charge < -0.3 is 18.8 Å². The van der Waals surface area contributed by atoms with Crippen LogP contribution in [0.1, 0.15) is 26.3 Å². The number of hydrogen-bond acceptors (Lipinski definition) is 2. The quantitative estimate of drug-likeness (QED) is 0.164. The van der Waals surface area contributed by atoms with E-state index in [1.807, 2.05) is 0 Å². The molecule has 0 saturated carbocycles. The average Bonchev–Trinajstić information content (AvgIpc) is 3.77. The summed E-state index contributed by atoms with van der Waals surface area (Å²) in [6.07, 6.45) is 0. The molecule has 15 rings (SSSR count). The van der Waals surface area contributed by atoms with Crippen molar-refractivity contribution in [2.45, 2.75) is 26.2 Å². The second kappa shape index (κ2) is 9.78. The zero-order valence-corrected chi connectivity index (χ0v) is 32.4. The Labute approximate surface area is 336 Å². The summed E-state index contributed by atoms with van der Waals surface area (Å²) in [6.45, 7) is 7.04. The van der Waals surface area contributed by atoms with Gasteiger partial charge >= 0.3 is 13.7 Å². The van der Waals surface area contributed by atoms with E-state index >= 15 is 0 Å². The number of aromatic nitrogens is 2. The molecule has 2 aromatic heterocycles. The Morgan fingerprint density at radius 2 is 1.05 bits per heavy atom.